The van der Waals surface area contributed by atoms with Crippen LogP contribution in [0.2, 0.25) is 0 Å². The Balaban J connectivity index is 1.28. The van der Waals surface area contributed by atoms with Gasteiger partial charge in [0.25, 0.3) is 5.92 Å². The largest absolute Gasteiger partial charge is 0.350 e. The summed E-state index contributed by atoms with van der Waals surface area (Å²) in [6.07, 6.45) is 5.31. The zero-order valence-corrected chi connectivity index (χ0v) is 19.5. The van der Waals surface area contributed by atoms with Gasteiger partial charge in [-0.15, -0.1) is 0 Å². The monoisotopic (exact) mass is 485 g/mol. The van der Waals surface area contributed by atoms with Gasteiger partial charge >= 0.3 is 0 Å². The summed E-state index contributed by atoms with van der Waals surface area (Å²) < 4.78 is 30.9. The number of alkyl halides is 2. The lowest BCUT2D eigenvalue weighted by Gasteiger charge is -2.32. The lowest BCUT2D eigenvalue weighted by Crippen LogP contribution is -2.52. The van der Waals surface area contributed by atoms with Crippen molar-refractivity contribution in [1.82, 2.24) is 34.8 Å². The Kier molecular flexibility index (Phi) is 5.35. The summed E-state index contributed by atoms with van der Waals surface area (Å²) in [4.78, 5) is 25.7. The van der Waals surface area contributed by atoms with E-state index in [1.807, 2.05) is 19.2 Å². The first-order chi connectivity index (χ1) is 16.8. The Bertz CT molecular complexity index is 1240. The zero-order chi connectivity index (χ0) is 24.2. The average molecular weight is 486 g/mol. The van der Waals surface area contributed by atoms with E-state index in [4.69, 9.17) is 0 Å². The summed E-state index contributed by atoms with van der Waals surface area (Å²) in [5.41, 5.74) is 1.61. The van der Waals surface area contributed by atoms with Crippen molar-refractivity contribution >= 4 is 29.3 Å². The topological polar surface area (TPSA) is 106 Å². The third-order valence-electron chi connectivity index (χ3n) is 7.03. The molecule has 3 aromatic heterocycles. The van der Waals surface area contributed by atoms with E-state index < -0.39 is 30.8 Å². The third-order valence-corrected chi connectivity index (χ3v) is 7.03. The van der Waals surface area contributed by atoms with Crippen LogP contribution < -0.4 is 15.5 Å². The van der Waals surface area contributed by atoms with Gasteiger partial charge < -0.3 is 20.4 Å². The number of aromatic nitrogens is 5. The zero-order valence-electron chi connectivity index (χ0n) is 19.5. The number of hydrogen-bond donors (Lipinski definition) is 3. The van der Waals surface area contributed by atoms with E-state index in [9.17, 15) is 13.6 Å². The van der Waals surface area contributed by atoms with Crippen LogP contribution in [0, 0.1) is 0 Å². The average Bonchev–Trinajstić information content (AvgIpc) is 3.21. The molecule has 3 aromatic rings. The summed E-state index contributed by atoms with van der Waals surface area (Å²) in [6, 6.07) is 4.42. The van der Waals surface area contributed by atoms with Crippen LogP contribution in [-0.2, 0) is 4.79 Å². The van der Waals surface area contributed by atoms with Crippen molar-refractivity contribution in [2.75, 3.05) is 36.9 Å². The molecule has 35 heavy (non-hydrogen) atoms. The Hall–Kier alpha value is -3.28. The fourth-order valence-corrected chi connectivity index (χ4v) is 5.10. The van der Waals surface area contributed by atoms with Crippen LogP contribution in [0.1, 0.15) is 43.7 Å². The molecule has 3 N–H and O–H groups in total. The lowest BCUT2D eigenvalue weighted by molar-refractivity contribution is -0.124. The molecule has 3 fully saturated rings. The summed E-state index contributed by atoms with van der Waals surface area (Å²) in [6.45, 7) is 1.07. The van der Waals surface area contributed by atoms with Gasteiger partial charge in [-0.1, -0.05) is 0 Å². The maximum Gasteiger partial charge on any atom is 0.267 e. The highest BCUT2D eigenvalue weighted by atomic mass is 19.3. The second-order valence-corrected chi connectivity index (χ2v) is 10.0. The van der Waals surface area contributed by atoms with Gasteiger partial charge in [0.2, 0.25) is 17.8 Å². The number of aromatic amines is 1. The summed E-state index contributed by atoms with van der Waals surface area (Å²) in [5, 5.41) is 13.5. The predicted molar refractivity (Wildman–Crippen MR) is 126 cm³/mol. The fraction of sp³-hybridized carbons (Fsp3) is 0.565. The van der Waals surface area contributed by atoms with E-state index in [0.29, 0.717) is 29.9 Å². The van der Waals surface area contributed by atoms with Gasteiger partial charge in [0.15, 0.2) is 5.82 Å². The van der Waals surface area contributed by atoms with Gasteiger partial charge in [-0.05, 0) is 51.4 Å². The lowest BCUT2D eigenvalue weighted by atomic mass is 10.1. The molecule has 1 saturated carbocycles. The van der Waals surface area contributed by atoms with E-state index in [1.54, 1.807) is 16.7 Å². The Morgan fingerprint density at radius 1 is 1.26 bits per heavy atom. The molecule has 10 nitrogen and oxygen atoms in total. The van der Waals surface area contributed by atoms with Gasteiger partial charge in [-0.2, -0.15) is 15.1 Å². The van der Waals surface area contributed by atoms with Gasteiger partial charge in [0, 0.05) is 42.9 Å². The van der Waals surface area contributed by atoms with Crippen LogP contribution in [0.3, 0.4) is 0 Å². The van der Waals surface area contributed by atoms with Crippen molar-refractivity contribution in [2.45, 2.75) is 56.0 Å². The summed E-state index contributed by atoms with van der Waals surface area (Å²) in [7, 11) is 2.00. The fourth-order valence-electron chi connectivity index (χ4n) is 5.10. The number of rotatable bonds is 6. The standard InChI is InChI=1S/C23H29F2N9O/c1-32-8-2-4-15(12-32)26-20(35)17-11-23(24,25)13-34(17)22-28-19-5-3-9-33(19)21(29-22)27-18-10-16(30-31-18)14-6-7-14/h3,5,9-10,14-15,17H,2,4,6-8,11-13H2,1H3,(H,26,35)(H2,27,28,29,30,31)/t15-,17+/m1/s1. The van der Waals surface area contributed by atoms with Crippen molar-refractivity contribution in [1.29, 1.82) is 0 Å². The number of hydrogen-bond acceptors (Lipinski definition) is 7. The summed E-state index contributed by atoms with van der Waals surface area (Å²) in [5.74, 6) is -1.83. The SMILES string of the molecule is CN1CCC[C@@H](NC(=O)[C@@H]2CC(F)(F)CN2c2nc(Nc3cc(C4CC4)[nH]n3)n3cccc3n2)C1. The molecule has 0 bridgehead atoms. The van der Waals surface area contributed by atoms with Crippen molar-refractivity contribution < 1.29 is 13.6 Å². The molecular weight excluding hydrogens is 456 g/mol. The van der Waals surface area contributed by atoms with E-state index in [1.165, 1.54) is 4.90 Å². The van der Waals surface area contributed by atoms with Crippen molar-refractivity contribution in [3.63, 3.8) is 0 Å². The second kappa shape index (κ2) is 8.43. The first-order valence-electron chi connectivity index (χ1n) is 12.2. The minimum atomic E-state index is -3.02. The van der Waals surface area contributed by atoms with Crippen LogP contribution in [0.4, 0.5) is 26.5 Å². The molecule has 2 aliphatic heterocycles. The molecule has 0 radical (unpaired) electrons. The number of H-pyrrole nitrogens is 1. The van der Waals surface area contributed by atoms with Crippen molar-refractivity contribution in [3.05, 3.63) is 30.1 Å². The van der Waals surface area contributed by atoms with E-state index >= 15 is 0 Å². The van der Waals surface area contributed by atoms with E-state index in [-0.39, 0.29) is 12.0 Å². The minimum absolute atomic E-state index is 0.0519. The molecule has 1 aliphatic carbocycles. The Morgan fingerprint density at radius 2 is 2.11 bits per heavy atom. The predicted octanol–water partition coefficient (Wildman–Crippen LogP) is 2.50. The van der Waals surface area contributed by atoms with Crippen LogP contribution >= 0.6 is 0 Å². The number of carbonyl (C=O) groups excluding carboxylic acids is 1. The second-order valence-electron chi connectivity index (χ2n) is 10.0. The van der Waals surface area contributed by atoms with Crippen LogP contribution in [0.5, 0.6) is 0 Å². The Labute approximate surface area is 201 Å². The molecule has 2 saturated heterocycles. The first-order valence-corrected chi connectivity index (χ1v) is 12.2. The van der Waals surface area contributed by atoms with Crippen molar-refractivity contribution in [2.24, 2.45) is 0 Å². The van der Waals surface area contributed by atoms with Crippen molar-refractivity contribution in [3.8, 4) is 0 Å². The molecule has 0 aromatic carbocycles. The number of nitrogens with zero attached hydrogens (tertiary/aromatic N) is 6. The van der Waals surface area contributed by atoms with Gasteiger partial charge in [-0.3, -0.25) is 14.3 Å². The molecule has 5 heterocycles. The van der Waals surface area contributed by atoms with Crippen LogP contribution in [0.25, 0.3) is 5.65 Å². The minimum Gasteiger partial charge on any atom is -0.350 e. The number of piperidine rings is 1. The molecule has 0 spiro atoms. The van der Waals surface area contributed by atoms with Gasteiger partial charge in [0.05, 0.1) is 6.54 Å². The van der Waals surface area contributed by atoms with E-state index in [0.717, 1.165) is 37.9 Å². The number of likely N-dealkylation sites (tertiary alicyclic amines) is 1. The molecule has 1 amide bonds. The number of nitrogens with one attached hydrogen (secondary N) is 3. The molecule has 0 unspecified atom stereocenters. The Morgan fingerprint density at radius 3 is 2.91 bits per heavy atom. The number of halogens is 2. The maximum absolute atomic E-state index is 14.6. The first kappa shape index (κ1) is 22.2. The molecular formula is C23H29F2N9O. The third kappa shape index (κ3) is 4.54. The quantitative estimate of drug-likeness (QED) is 0.493. The maximum atomic E-state index is 14.6. The van der Waals surface area contributed by atoms with E-state index in [2.05, 4.69) is 35.7 Å². The molecule has 2 atom stereocenters. The number of carbonyl (C=O) groups is 1. The molecule has 186 valence electrons. The number of anilines is 3. The molecule has 12 heteroatoms. The van der Waals surface area contributed by atoms with Crippen LogP contribution in [-0.4, -0.2) is 80.1 Å². The highest BCUT2D eigenvalue weighted by molar-refractivity contribution is 5.86. The number of fused-ring (bicyclic) bond motifs is 1. The molecule has 3 aliphatic rings. The van der Waals surface area contributed by atoms with Gasteiger partial charge in [-0.25, -0.2) is 8.78 Å². The van der Waals surface area contributed by atoms with Crippen LogP contribution in [0.15, 0.2) is 24.4 Å². The highest BCUT2D eigenvalue weighted by Gasteiger charge is 2.49. The smallest absolute Gasteiger partial charge is 0.267 e. The number of amides is 1. The summed E-state index contributed by atoms with van der Waals surface area (Å²) >= 11 is 0. The normalized spacial score (nSPS) is 24.7. The molecule has 6 rings (SSSR count). The van der Waals surface area contributed by atoms with Gasteiger partial charge in [0.1, 0.15) is 11.7 Å². The number of likely N-dealkylation sites (N-methyl/N-ethyl adjacent to an activating group) is 1. The highest BCUT2D eigenvalue weighted by Crippen LogP contribution is 2.40.